The summed E-state index contributed by atoms with van der Waals surface area (Å²) in [5.41, 5.74) is 2.00. The highest BCUT2D eigenvalue weighted by atomic mass is 19.1. The molecule has 0 aliphatic heterocycles. The summed E-state index contributed by atoms with van der Waals surface area (Å²) >= 11 is 0. The lowest BCUT2D eigenvalue weighted by Gasteiger charge is -2.16. The van der Waals surface area contributed by atoms with E-state index in [2.05, 4.69) is 4.74 Å². The van der Waals surface area contributed by atoms with E-state index in [0.717, 1.165) is 17.7 Å². The van der Waals surface area contributed by atoms with Crippen LogP contribution >= 0.6 is 0 Å². The molecular formula is C18H20FNO4. The van der Waals surface area contributed by atoms with Gasteiger partial charge in [0.05, 0.1) is 19.9 Å². The minimum atomic E-state index is -0.460. The Hall–Kier alpha value is -2.89. The van der Waals surface area contributed by atoms with Crippen LogP contribution < -0.4 is 14.4 Å². The summed E-state index contributed by atoms with van der Waals surface area (Å²) in [5, 5.41) is 0. The highest BCUT2D eigenvalue weighted by molar-refractivity contribution is 5.78. The summed E-state index contributed by atoms with van der Waals surface area (Å²) in [6, 6.07) is 9.30. The first-order valence-electron chi connectivity index (χ1n) is 7.06. The Labute approximate surface area is 140 Å². The zero-order valence-corrected chi connectivity index (χ0v) is 14.1. The molecule has 2 aromatic carbocycles. The maximum absolute atomic E-state index is 12.7. The van der Waals surface area contributed by atoms with Crippen molar-refractivity contribution in [2.75, 3.05) is 33.2 Å². The van der Waals surface area contributed by atoms with Crippen molar-refractivity contribution in [1.29, 1.82) is 0 Å². The molecule has 0 N–H and O–H groups in total. The number of halogens is 1. The summed E-state index contributed by atoms with van der Waals surface area (Å²) < 4.78 is 22.5. The molecule has 2 rings (SSSR count). The molecule has 24 heavy (non-hydrogen) atoms. The second-order valence-electron chi connectivity index (χ2n) is 4.96. The largest absolute Gasteiger partial charge is 0.495 e. The van der Waals surface area contributed by atoms with Crippen LogP contribution in [0.5, 0.6) is 11.5 Å². The predicted molar refractivity (Wildman–Crippen MR) is 91.0 cm³/mol. The first-order chi connectivity index (χ1) is 11.5. The van der Waals surface area contributed by atoms with Gasteiger partial charge in [0.1, 0.15) is 18.3 Å². The predicted octanol–water partition coefficient (Wildman–Crippen LogP) is 3.22. The van der Waals surface area contributed by atoms with Gasteiger partial charge in [0, 0.05) is 25.2 Å². The molecule has 0 saturated heterocycles. The molecule has 128 valence electrons. The Bertz CT molecular complexity index is 701. The van der Waals surface area contributed by atoms with Crippen molar-refractivity contribution in [2.24, 2.45) is 0 Å². The van der Waals surface area contributed by atoms with Gasteiger partial charge in [0.15, 0.2) is 11.6 Å². The van der Waals surface area contributed by atoms with Crippen LogP contribution in [-0.4, -0.2) is 40.9 Å². The number of methoxy groups -OCH3 is 2. The molecule has 0 aliphatic rings. The topological polar surface area (TPSA) is 55.8 Å². The number of benzene rings is 2. The molecule has 0 amide bonds. The van der Waals surface area contributed by atoms with E-state index in [1.165, 1.54) is 25.3 Å². The van der Waals surface area contributed by atoms with Gasteiger partial charge in [-0.25, -0.2) is 4.39 Å². The normalized spacial score (nSPS) is 9.38. The summed E-state index contributed by atoms with van der Waals surface area (Å²) in [6.45, 7) is 0. The van der Waals surface area contributed by atoms with Gasteiger partial charge in [-0.05, 0) is 36.4 Å². The SMILES string of the molecule is COc1cc(C=O)ccc1F.COc1cc(C=O)ccc1N(C)C. The van der Waals surface area contributed by atoms with Gasteiger partial charge < -0.3 is 14.4 Å². The Balaban J connectivity index is 0.000000243. The number of aldehydes is 2. The monoisotopic (exact) mass is 333 g/mol. The van der Waals surface area contributed by atoms with Crippen molar-refractivity contribution in [3.63, 3.8) is 0 Å². The van der Waals surface area contributed by atoms with Crippen molar-refractivity contribution in [3.8, 4) is 11.5 Å². The van der Waals surface area contributed by atoms with E-state index in [-0.39, 0.29) is 5.75 Å². The third-order valence-electron chi connectivity index (χ3n) is 3.13. The lowest BCUT2D eigenvalue weighted by atomic mass is 10.2. The van der Waals surface area contributed by atoms with Crippen LogP contribution in [-0.2, 0) is 0 Å². The van der Waals surface area contributed by atoms with Gasteiger partial charge in [0.2, 0.25) is 0 Å². The quantitative estimate of drug-likeness (QED) is 0.787. The lowest BCUT2D eigenvalue weighted by Crippen LogP contribution is -2.10. The number of rotatable bonds is 5. The summed E-state index contributed by atoms with van der Waals surface area (Å²) in [4.78, 5) is 22.6. The lowest BCUT2D eigenvalue weighted by molar-refractivity contribution is 0.111. The summed E-state index contributed by atoms with van der Waals surface area (Å²) in [6.07, 6.45) is 1.45. The molecule has 0 fully saturated rings. The van der Waals surface area contributed by atoms with Crippen LogP contribution in [0.4, 0.5) is 10.1 Å². The molecule has 0 heterocycles. The zero-order valence-electron chi connectivity index (χ0n) is 14.1. The number of anilines is 1. The molecule has 6 heteroatoms. The van der Waals surface area contributed by atoms with Crippen molar-refractivity contribution < 1.29 is 23.5 Å². The Morgan fingerprint density at radius 2 is 1.38 bits per heavy atom. The number of carbonyl (C=O) groups excluding carboxylic acids is 2. The third kappa shape index (κ3) is 5.08. The Kier molecular flexibility index (Phi) is 7.42. The van der Waals surface area contributed by atoms with Gasteiger partial charge in [-0.1, -0.05) is 0 Å². The average Bonchev–Trinajstić information content (AvgIpc) is 2.61. The van der Waals surface area contributed by atoms with Crippen molar-refractivity contribution >= 4 is 18.3 Å². The fourth-order valence-corrected chi connectivity index (χ4v) is 1.89. The van der Waals surface area contributed by atoms with Crippen molar-refractivity contribution in [2.45, 2.75) is 0 Å². The first-order valence-corrected chi connectivity index (χ1v) is 7.06. The van der Waals surface area contributed by atoms with Crippen LogP contribution in [0.2, 0.25) is 0 Å². The Morgan fingerprint density at radius 3 is 1.83 bits per heavy atom. The fraction of sp³-hybridized carbons (Fsp3) is 0.222. The van der Waals surface area contributed by atoms with Crippen molar-refractivity contribution in [1.82, 2.24) is 0 Å². The second-order valence-corrected chi connectivity index (χ2v) is 4.96. The van der Waals surface area contributed by atoms with Gasteiger partial charge in [-0.15, -0.1) is 0 Å². The van der Waals surface area contributed by atoms with Gasteiger partial charge in [0.25, 0.3) is 0 Å². The van der Waals surface area contributed by atoms with E-state index in [4.69, 9.17) is 4.74 Å². The van der Waals surface area contributed by atoms with Crippen LogP contribution in [0.1, 0.15) is 20.7 Å². The third-order valence-corrected chi connectivity index (χ3v) is 3.13. The molecule has 0 bridgehead atoms. The first kappa shape index (κ1) is 19.2. The van der Waals surface area contributed by atoms with E-state index >= 15 is 0 Å². The smallest absolute Gasteiger partial charge is 0.165 e. The number of hydrogen-bond donors (Lipinski definition) is 0. The maximum atomic E-state index is 12.7. The van der Waals surface area contributed by atoms with E-state index in [1.807, 2.05) is 25.1 Å². The molecule has 2 aromatic rings. The minimum absolute atomic E-state index is 0.0922. The van der Waals surface area contributed by atoms with E-state index in [9.17, 15) is 14.0 Å². The van der Waals surface area contributed by atoms with E-state index in [0.29, 0.717) is 17.4 Å². The maximum Gasteiger partial charge on any atom is 0.165 e. The van der Waals surface area contributed by atoms with E-state index < -0.39 is 5.82 Å². The molecule has 0 spiro atoms. The minimum Gasteiger partial charge on any atom is -0.495 e. The zero-order chi connectivity index (χ0) is 18.1. The molecular weight excluding hydrogens is 313 g/mol. The fourth-order valence-electron chi connectivity index (χ4n) is 1.89. The van der Waals surface area contributed by atoms with Gasteiger partial charge in [-0.3, -0.25) is 9.59 Å². The number of nitrogens with zero attached hydrogens (tertiary/aromatic N) is 1. The number of ether oxygens (including phenoxy) is 2. The molecule has 0 aliphatic carbocycles. The van der Waals surface area contributed by atoms with Crippen LogP contribution in [0.15, 0.2) is 36.4 Å². The molecule has 5 nitrogen and oxygen atoms in total. The average molecular weight is 333 g/mol. The molecule has 0 atom stereocenters. The summed E-state index contributed by atoms with van der Waals surface area (Å²) in [7, 11) is 6.81. The molecule has 0 saturated carbocycles. The van der Waals surface area contributed by atoms with Gasteiger partial charge >= 0.3 is 0 Å². The molecule has 0 aromatic heterocycles. The van der Waals surface area contributed by atoms with Crippen molar-refractivity contribution in [3.05, 3.63) is 53.3 Å². The summed E-state index contributed by atoms with van der Waals surface area (Å²) in [5.74, 6) is 0.349. The highest BCUT2D eigenvalue weighted by Crippen LogP contribution is 2.26. The van der Waals surface area contributed by atoms with E-state index in [1.54, 1.807) is 19.2 Å². The molecule has 0 radical (unpaired) electrons. The Morgan fingerprint density at radius 1 is 0.875 bits per heavy atom. The van der Waals surface area contributed by atoms with Gasteiger partial charge in [-0.2, -0.15) is 0 Å². The number of carbonyl (C=O) groups is 2. The van der Waals surface area contributed by atoms with Crippen LogP contribution in [0.3, 0.4) is 0 Å². The number of hydrogen-bond acceptors (Lipinski definition) is 5. The molecule has 0 unspecified atom stereocenters. The second kappa shape index (κ2) is 9.29. The van der Waals surface area contributed by atoms with Crippen LogP contribution in [0.25, 0.3) is 0 Å². The van der Waals surface area contributed by atoms with Crippen LogP contribution in [0, 0.1) is 5.82 Å². The standard InChI is InChI=1S/C10H13NO2.C8H7FO2/c1-11(2)9-5-4-8(7-12)6-10(9)13-3;1-11-8-4-6(5-10)2-3-7(8)9/h4-7H,1-3H3;2-5H,1H3. The highest BCUT2D eigenvalue weighted by Gasteiger charge is 2.05.